The van der Waals surface area contributed by atoms with Crippen molar-refractivity contribution >= 4 is 34.0 Å². The van der Waals surface area contributed by atoms with Crippen LogP contribution in [-0.2, 0) is 7.05 Å². The second-order valence-corrected chi connectivity index (χ2v) is 7.83. The summed E-state index contributed by atoms with van der Waals surface area (Å²) >= 11 is 0. The Labute approximate surface area is 168 Å². The largest absolute Gasteiger partial charge is 0.393 e. The topological polar surface area (TPSA) is 92.3 Å². The fraction of sp³-hybridized carbons (Fsp3) is 0.381. The van der Waals surface area contributed by atoms with Gasteiger partial charge in [0.05, 0.1) is 17.3 Å². The van der Waals surface area contributed by atoms with Crippen LogP contribution in [-0.4, -0.2) is 41.6 Å². The second kappa shape index (κ2) is 7.04. The first kappa shape index (κ1) is 17.9. The van der Waals surface area contributed by atoms with Crippen molar-refractivity contribution < 1.29 is 5.11 Å². The lowest BCUT2D eigenvalue weighted by Crippen LogP contribution is -2.29. The smallest absolute Gasteiger partial charge is 0.247 e. The molecule has 1 aliphatic carbocycles. The molecule has 150 valence electrons. The van der Waals surface area contributed by atoms with E-state index in [2.05, 4.69) is 37.9 Å². The highest BCUT2D eigenvalue weighted by molar-refractivity contribution is 5.85. The zero-order chi connectivity index (χ0) is 20.0. The van der Waals surface area contributed by atoms with Gasteiger partial charge in [-0.05, 0) is 62.9 Å². The number of nitrogens with one attached hydrogen (secondary N) is 2. The highest BCUT2D eigenvalue weighted by Crippen LogP contribution is 2.25. The number of pyridine rings is 1. The highest BCUT2D eigenvalue weighted by Gasteiger charge is 2.20. The van der Waals surface area contributed by atoms with Crippen LogP contribution in [0.15, 0.2) is 36.4 Å². The van der Waals surface area contributed by atoms with Crippen LogP contribution in [0.1, 0.15) is 31.4 Å². The second-order valence-electron chi connectivity index (χ2n) is 7.83. The predicted octanol–water partition coefficient (Wildman–Crippen LogP) is 3.38. The molecule has 0 unspecified atom stereocenters. The Morgan fingerprint density at radius 1 is 1.07 bits per heavy atom. The van der Waals surface area contributed by atoms with Crippen molar-refractivity contribution in [2.45, 2.75) is 44.8 Å². The molecular formula is C21H25N7O. The molecule has 1 fully saturated rings. The summed E-state index contributed by atoms with van der Waals surface area (Å²) in [5, 5.41) is 26.9. The molecule has 0 amide bonds. The zero-order valence-electron chi connectivity index (χ0n) is 16.6. The molecule has 8 nitrogen and oxygen atoms in total. The van der Waals surface area contributed by atoms with Gasteiger partial charge < -0.3 is 15.7 Å². The fourth-order valence-electron chi connectivity index (χ4n) is 4.14. The van der Waals surface area contributed by atoms with E-state index in [-0.39, 0.29) is 6.10 Å². The van der Waals surface area contributed by atoms with E-state index in [4.69, 9.17) is 0 Å². The maximum absolute atomic E-state index is 9.72. The van der Waals surface area contributed by atoms with Crippen LogP contribution in [0.25, 0.3) is 16.6 Å². The highest BCUT2D eigenvalue weighted by atomic mass is 16.3. The number of rotatable bonds is 4. The van der Waals surface area contributed by atoms with E-state index in [1.54, 1.807) is 0 Å². The zero-order valence-corrected chi connectivity index (χ0v) is 16.6. The lowest BCUT2D eigenvalue weighted by Gasteiger charge is -2.26. The molecule has 5 rings (SSSR count). The number of aliphatic hydroxyl groups is 1. The summed E-state index contributed by atoms with van der Waals surface area (Å²) in [5.74, 6) is 1.47. The number of nitrogens with zero attached hydrogens (tertiary/aromatic N) is 5. The summed E-state index contributed by atoms with van der Waals surface area (Å²) in [7, 11) is 1.95. The number of anilines is 3. The van der Waals surface area contributed by atoms with Crippen LogP contribution < -0.4 is 10.6 Å². The van der Waals surface area contributed by atoms with Gasteiger partial charge in [0.1, 0.15) is 5.82 Å². The van der Waals surface area contributed by atoms with Gasteiger partial charge in [-0.3, -0.25) is 4.68 Å². The molecular weight excluding hydrogens is 366 g/mol. The van der Waals surface area contributed by atoms with E-state index in [1.807, 2.05) is 47.4 Å². The number of aromatic nitrogens is 5. The monoisotopic (exact) mass is 391 g/mol. The molecule has 29 heavy (non-hydrogen) atoms. The van der Waals surface area contributed by atoms with Crippen LogP contribution in [0.3, 0.4) is 0 Å². The van der Waals surface area contributed by atoms with Crippen molar-refractivity contribution in [2.24, 2.45) is 7.05 Å². The predicted molar refractivity (Wildman–Crippen MR) is 114 cm³/mol. The summed E-state index contributed by atoms with van der Waals surface area (Å²) in [5.41, 5.74) is 3.79. The molecule has 3 heterocycles. The molecule has 1 aliphatic rings. The minimum absolute atomic E-state index is 0.161. The third kappa shape index (κ3) is 3.40. The SMILES string of the molecule is Cc1nn(C)c2cc(Nc3nc4cccc(N[C@H]5CC[C@@H](O)CC5)n4n3)ccc12. The summed E-state index contributed by atoms with van der Waals surface area (Å²) in [4.78, 5) is 4.62. The summed E-state index contributed by atoms with van der Waals surface area (Å²) in [6, 6.07) is 12.4. The molecule has 0 spiro atoms. The molecule has 1 saturated carbocycles. The Morgan fingerprint density at radius 3 is 2.72 bits per heavy atom. The van der Waals surface area contributed by atoms with Crippen molar-refractivity contribution in [3.05, 3.63) is 42.1 Å². The van der Waals surface area contributed by atoms with E-state index in [0.29, 0.717) is 12.0 Å². The van der Waals surface area contributed by atoms with E-state index in [9.17, 15) is 5.11 Å². The van der Waals surface area contributed by atoms with Crippen molar-refractivity contribution in [3.8, 4) is 0 Å². The number of fused-ring (bicyclic) bond motifs is 2. The summed E-state index contributed by atoms with van der Waals surface area (Å²) < 4.78 is 3.72. The van der Waals surface area contributed by atoms with Crippen LogP contribution in [0.4, 0.5) is 17.5 Å². The molecule has 0 atom stereocenters. The lowest BCUT2D eigenvalue weighted by molar-refractivity contribution is 0.126. The number of hydrogen-bond donors (Lipinski definition) is 3. The molecule has 4 aromatic rings. The Bertz CT molecular complexity index is 1170. The molecule has 3 aromatic heterocycles. The van der Waals surface area contributed by atoms with E-state index in [1.165, 1.54) is 0 Å². The molecule has 3 N–H and O–H groups in total. The molecule has 1 aromatic carbocycles. The Kier molecular flexibility index (Phi) is 4.35. The van der Waals surface area contributed by atoms with E-state index >= 15 is 0 Å². The maximum atomic E-state index is 9.72. The van der Waals surface area contributed by atoms with Gasteiger partial charge in [-0.2, -0.15) is 14.6 Å². The average molecular weight is 391 g/mol. The first-order chi connectivity index (χ1) is 14.1. The minimum Gasteiger partial charge on any atom is -0.393 e. The quantitative estimate of drug-likeness (QED) is 0.494. The first-order valence-electron chi connectivity index (χ1n) is 10.1. The van der Waals surface area contributed by atoms with Crippen molar-refractivity contribution in [1.82, 2.24) is 24.4 Å². The minimum atomic E-state index is -0.161. The number of aryl methyl sites for hydroxylation is 2. The standard InChI is InChI=1S/C21H25N7O/c1-13-17-11-8-15(12-18(17)27(2)25-13)23-21-24-20-5-3-4-19(28(20)26-21)22-14-6-9-16(29)10-7-14/h3-5,8,11-12,14,16,22,29H,6-7,9-10H2,1-2H3,(H,23,26)/t14-,16+. The van der Waals surface area contributed by atoms with Crippen LogP contribution in [0.5, 0.6) is 0 Å². The Morgan fingerprint density at radius 2 is 1.90 bits per heavy atom. The third-order valence-electron chi connectivity index (χ3n) is 5.70. The third-order valence-corrected chi connectivity index (χ3v) is 5.70. The van der Waals surface area contributed by atoms with Crippen molar-refractivity contribution in [1.29, 1.82) is 0 Å². The van der Waals surface area contributed by atoms with Gasteiger partial charge in [-0.1, -0.05) is 6.07 Å². The Hall–Kier alpha value is -3.13. The normalized spacial score (nSPS) is 19.7. The first-order valence-corrected chi connectivity index (χ1v) is 10.1. The molecule has 0 bridgehead atoms. The van der Waals surface area contributed by atoms with Gasteiger partial charge in [0.2, 0.25) is 5.95 Å². The van der Waals surface area contributed by atoms with E-state index in [0.717, 1.165) is 59.4 Å². The fourth-order valence-corrected chi connectivity index (χ4v) is 4.14. The average Bonchev–Trinajstić information content (AvgIpc) is 3.24. The van der Waals surface area contributed by atoms with E-state index < -0.39 is 0 Å². The van der Waals surface area contributed by atoms with Gasteiger partial charge in [0.15, 0.2) is 5.65 Å². The maximum Gasteiger partial charge on any atom is 0.247 e. The van der Waals surface area contributed by atoms with Gasteiger partial charge >= 0.3 is 0 Å². The van der Waals surface area contributed by atoms with Crippen LogP contribution in [0, 0.1) is 6.92 Å². The Balaban J connectivity index is 1.41. The molecule has 0 radical (unpaired) electrons. The van der Waals surface area contributed by atoms with Gasteiger partial charge in [0.25, 0.3) is 0 Å². The molecule has 0 aliphatic heterocycles. The molecule has 0 saturated heterocycles. The van der Waals surface area contributed by atoms with Crippen molar-refractivity contribution in [2.75, 3.05) is 10.6 Å². The summed E-state index contributed by atoms with van der Waals surface area (Å²) in [6.07, 6.45) is 3.44. The van der Waals surface area contributed by atoms with Crippen LogP contribution >= 0.6 is 0 Å². The molecule has 8 heteroatoms. The number of hydrogen-bond acceptors (Lipinski definition) is 6. The van der Waals surface area contributed by atoms with Gasteiger partial charge in [-0.15, -0.1) is 5.10 Å². The van der Waals surface area contributed by atoms with Gasteiger partial charge in [0, 0.05) is 24.2 Å². The van der Waals surface area contributed by atoms with Gasteiger partial charge in [-0.25, -0.2) is 0 Å². The van der Waals surface area contributed by atoms with Crippen LogP contribution in [0.2, 0.25) is 0 Å². The number of aliphatic hydroxyl groups excluding tert-OH is 1. The number of benzene rings is 1. The summed E-state index contributed by atoms with van der Waals surface area (Å²) in [6.45, 7) is 2.01. The lowest BCUT2D eigenvalue weighted by atomic mass is 9.93. The van der Waals surface area contributed by atoms with Crippen molar-refractivity contribution in [3.63, 3.8) is 0 Å².